The van der Waals surface area contributed by atoms with Crippen LogP contribution in [0.15, 0.2) is 104 Å². The SMILES string of the molecule is Cc1ccc(NC(=O)c2ccc(C(=O)Nc3ccccc3N)cc2)cc1Cc1nccc(-c2cccnc2)n1. The fourth-order valence-electron chi connectivity index (χ4n) is 4.05. The number of hydrogen-bond donors (Lipinski definition) is 3. The first-order chi connectivity index (χ1) is 19.0. The molecule has 0 saturated carbocycles. The van der Waals surface area contributed by atoms with E-state index in [-0.39, 0.29) is 11.8 Å². The molecule has 5 aromatic rings. The van der Waals surface area contributed by atoms with Crippen molar-refractivity contribution in [3.63, 3.8) is 0 Å². The Morgan fingerprint density at radius 1 is 0.821 bits per heavy atom. The average molecular weight is 515 g/mol. The summed E-state index contributed by atoms with van der Waals surface area (Å²) < 4.78 is 0. The quantitative estimate of drug-likeness (QED) is 0.246. The Kier molecular flexibility index (Phi) is 7.36. The number of rotatable bonds is 7. The number of aromatic nitrogens is 3. The van der Waals surface area contributed by atoms with Crippen molar-refractivity contribution >= 4 is 28.9 Å². The topological polar surface area (TPSA) is 123 Å². The molecular weight excluding hydrogens is 488 g/mol. The minimum Gasteiger partial charge on any atom is -0.397 e. The highest BCUT2D eigenvalue weighted by Gasteiger charge is 2.12. The molecule has 192 valence electrons. The van der Waals surface area contributed by atoms with Crippen LogP contribution in [-0.2, 0) is 6.42 Å². The highest BCUT2D eigenvalue weighted by Crippen LogP contribution is 2.21. The summed E-state index contributed by atoms with van der Waals surface area (Å²) in [5, 5.41) is 5.72. The van der Waals surface area contributed by atoms with Crippen molar-refractivity contribution in [3.05, 3.63) is 132 Å². The van der Waals surface area contributed by atoms with Crippen LogP contribution in [0.2, 0.25) is 0 Å². The molecule has 5 rings (SSSR count). The van der Waals surface area contributed by atoms with E-state index in [4.69, 9.17) is 10.7 Å². The number of carbonyl (C=O) groups is 2. The number of nitrogens with one attached hydrogen (secondary N) is 2. The van der Waals surface area contributed by atoms with Crippen molar-refractivity contribution < 1.29 is 9.59 Å². The summed E-state index contributed by atoms with van der Waals surface area (Å²) in [6.07, 6.45) is 5.75. The smallest absolute Gasteiger partial charge is 0.255 e. The Labute approximate surface area is 226 Å². The second-order valence-corrected chi connectivity index (χ2v) is 8.99. The van der Waals surface area contributed by atoms with Gasteiger partial charge in [0.2, 0.25) is 0 Å². The predicted octanol–water partition coefficient (Wildman–Crippen LogP) is 5.52. The molecule has 0 aliphatic heterocycles. The number of amides is 2. The second kappa shape index (κ2) is 11.4. The Morgan fingerprint density at radius 3 is 2.28 bits per heavy atom. The van der Waals surface area contributed by atoms with Gasteiger partial charge in [-0.1, -0.05) is 18.2 Å². The van der Waals surface area contributed by atoms with Gasteiger partial charge in [0.25, 0.3) is 11.8 Å². The number of nitrogen functional groups attached to an aromatic ring is 1. The van der Waals surface area contributed by atoms with Crippen LogP contribution in [-0.4, -0.2) is 26.8 Å². The monoisotopic (exact) mass is 514 g/mol. The van der Waals surface area contributed by atoms with Gasteiger partial charge in [0, 0.05) is 47.4 Å². The Bertz CT molecular complexity index is 1640. The zero-order valence-corrected chi connectivity index (χ0v) is 21.3. The van der Waals surface area contributed by atoms with Crippen molar-refractivity contribution in [2.24, 2.45) is 0 Å². The van der Waals surface area contributed by atoms with E-state index < -0.39 is 0 Å². The predicted molar refractivity (Wildman–Crippen MR) is 152 cm³/mol. The Morgan fingerprint density at radius 2 is 1.56 bits per heavy atom. The third kappa shape index (κ3) is 6.14. The van der Waals surface area contributed by atoms with Crippen LogP contribution < -0.4 is 16.4 Å². The van der Waals surface area contributed by atoms with E-state index in [1.807, 2.05) is 43.3 Å². The van der Waals surface area contributed by atoms with Crippen LogP contribution >= 0.6 is 0 Å². The first-order valence-corrected chi connectivity index (χ1v) is 12.4. The molecule has 0 aliphatic rings. The van der Waals surface area contributed by atoms with Gasteiger partial charge in [-0.05, 0) is 84.8 Å². The van der Waals surface area contributed by atoms with Gasteiger partial charge < -0.3 is 16.4 Å². The van der Waals surface area contributed by atoms with Crippen LogP contribution in [0.3, 0.4) is 0 Å². The van der Waals surface area contributed by atoms with Crippen LogP contribution in [0.1, 0.15) is 37.7 Å². The highest BCUT2D eigenvalue weighted by atomic mass is 16.2. The first kappa shape index (κ1) is 25.3. The third-order valence-corrected chi connectivity index (χ3v) is 6.24. The zero-order valence-electron chi connectivity index (χ0n) is 21.3. The molecule has 8 heteroatoms. The third-order valence-electron chi connectivity index (χ3n) is 6.24. The molecule has 0 spiro atoms. The van der Waals surface area contributed by atoms with E-state index >= 15 is 0 Å². The minimum atomic E-state index is -0.308. The Hall–Kier alpha value is -5.37. The molecule has 8 nitrogen and oxygen atoms in total. The highest BCUT2D eigenvalue weighted by molar-refractivity contribution is 6.08. The van der Waals surface area contributed by atoms with Gasteiger partial charge in [0.05, 0.1) is 17.1 Å². The number of carbonyl (C=O) groups excluding carboxylic acids is 2. The summed E-state index contributed by atoms with van der Waals surface area (Å²) in [6, 6.07) is 24.9. The number of aryl methyl sites for hydroxylation is 1. The molecule has 4 N–H and O–H groups in total. The standard InChI is InChI=1S/C31H26N6O2/c1-20-8-13-25(17-24(20)18-29-34-16-14-27(36-29)23-5-4-15-33-19-23)35-30(38)21-9-11-22(12-10-21)31(39)37-28-7-3-2-6-26(28)32/h2-17,19H,18,32H2,1H3,(H,35,38)(H,37,39). The van der Waals surface area contributed by atoms with Gasteiger partial charge in [0.1, 0.15) is 5.82 Å². The normalized spacial score (nSPS) is 10.6. The minimum absolute atomic E-state index is 0.279. The van der Waals surface area contributed by atoms with Crippen molar-refractivity contribution in [1.82, 2.24) is 15.0 Å². The summed E-state index contributed by atoms with van der Waals surface area (Å²) in [5.74, 6) is 0.0887. The first-order valence-electron chi connectivity index (χ1n) is 12.4. The maximum Gasteiger partial charge on any atom is 0.255 e. The van der Waals surface area contributed by atoms with Crippen LogP contribution in [0.4, 0.5) is 17.1 Å². The number of para-hydroxylation sites is 2. The van der Waals surface area contributed by atoms with Crippen molar-refractivity contribution in [1.29, 1.82) is 0 Å². The lowest BCUT2D eigenvalue weighted by Gasteiger charge is -2.11. The van der Waals surface area contributed by atoms with Gasteiger partial charge in [-0.25, -0.2) is 9.97 Å². The number of nitrogens with two attached hydrogens (primary N) is 1. The summed E-state index contributed by atoms with van der Waals surface area (Å²) in [4.78, 5) is 38.8. The van der Waals surface area contributed by atoms with Gasteiger partial charge in [-0.2, -0.15) is 0 Å². The van der Waals surface area contributed by atoms with E-state index in [0.717, 1.165) is 22.4 Å². The molecule has 0 atom stereocenters. The van der Waals surface area contributed by atoms with E-state index in [2.05, 4.69) is 20.6 Å². The summed E-state index contributed by atoms with van der Waals surface area (Å²) in [7, 11) is 0. The molecule has 39 heavy (non-hydrogen) atoms. The van der Waals surface area contributed by atoms with E-state index in [0.29, 0.717) is 40.4 Å². The number of pyridine rings is 1. The number of hydrogen-bond acceptors (Lipinski definition) is 6. The molecule has 0 aliphatic carbocycles. The summed E-state index contributed by atoms with van der Waals surface area (Å²) >= 11 is 0. The maximum absolute atomic E-state index is 12.9. The van der Waals surface area contributed by atoms with Crippen molar-refractivity contribution in [2.75, 3.05) is 16.4 Å². The molecule has 0 fully saturated rings. The van der Waals surface area contributed by atoms with Crippen molar-refractivity contribution in [2.45, 2.75) is 13.3 Å². The second-order valence-electron chi connectivity index (χ2n) is 8.99. The van der Waals surface area contributed by atoms with Gasteiger partial charge in [0.15, 0.2) is 0 Å². The molecule has 2 heterocycles. The Balaban J connectivity index is 1.26. The molecule has 2 amide bonds. The number of anilines is 3. The van der Waals surface area contributed by atoms with E-state index in [1.165, 1.54) is 0 Å². The zero-order chi connectivity index (χ0) is 27.2. The fraction of sp³-hybridized carbons (Fsp3) is 0.0645. The van der Waals surface area contributed by atoms with Crippen molar-refractivity contribution in [3.8, 4) is 11.3 Å². The number of nitrogens with zero attached hydrogens (tertiary/aromatic N) is 3. The van der Waals surface area contributed by atoms with Gasteiger partial charge in [-0.15, -0.1) is 0 Å². The van der Waals surface area contributed by atoms with Crippen LogP contribution in [0.25, 0.3) is 11.3 Å². The molecule has 0 bridgehead atoms. The molecule has 0 radical (unpaired) electrons. The fourth-order valence-corrected chi connectivity index (χ4v) is 4.05. The summed E-state index contributed by atoms with van der Waals surface area (Å²) in [6.45, 7) is 2.01. The van der Waals surface area contributed by atoms with E-state index in [9.17, 15) is 9.59 Å². The number of benzene rings is 3. The molecule has 2 aromatic heterocycles. The van der Waals surface area contributed by atoms with Gasteiger partial charge in [-0.3, -0.25) is 14.6 Å². The lowest BCUT2D eigenvalue weighted by atomic mass is 10.0. The lowest BCUT2D eigenvalue weighted by molar-refractivity contribution is 0.101. The molecular formula is C31H26N6O2. The van der Waals surface area contributed by atoms with E-state index in [1.54, 1.807) is 67.1 Å². The molecule has 0 unspecified atom stereocenters. The van der Waals surface area contributed by atoms with Gasteiger partial charge >= 0.3 is 0 Å². The van der Waals surface area contributed by atoms with Crippen LogP contribution in [0.5, 0.6) is 0 Å². The van der Waals surface area contributed by atoms with Crippen LogP contribution in [0, 0.1) is 6.92 Å². The molecule has 3 aromatic carbocycles. The summed E-state index contributed by atoms with van der Waals surface area (Å²) in [5.41, 5.74) is 12.2. The largest absolute Gasteiger partial charge is 0.397 e. The lowest BCUT2D eigenvalue weighted by Crippen LogP contribution is -2.15. The molecule has 0 saturated heterocycles. The average Bonchev–Trinajstić information content (AvgIpc) is 2.97. The maximum atomic E-state index is 12.9.